The molecule has 4 aromatic rings. The highest BCUT2D eigenvalue weighted by atomic mass is 16.3. The monoisotopic (exact) mass is 312 g/mol. The molecule has 1 aromatic heterocycles. The third-order valence-electron chi connectivity index (χ3n) is 4.10. The van der Waals surface area contributed by atoms with Gasteiger partial charge in [-0.15, -0.1) is 0 Å². The molecule has 1 heterocycles. The molecule has 0 radical (unpaired) electrons. The summed E-state index contributed by atoms with van der Waals surface area (Å²) in [6, 6.07) is 21.5. The second kappa shape index (κ2) is 5.78. The van der Waals surface area contributed by atoms with Crippen molar-refractivity contribution in [1.29, 1.82) is 0 Å². The number of hydrogen-bond acceptors (Lipinski definition) is 3. The number of benzene rings is 3. The number of nitrogens with zero attached hydrogens (tertiary/aromatic N) is 2. The SMILES string of the molecule is Cc1ccc2cc(N=Cc3c(O)ccc4ccccc34)ccc2n1. The summed E-state index contributed by atoms with van der Waals surface area (Å²) >= 11 is 0. The first-order chi connectivity index (χ1) is 11.7. The van der Waals surface area contributed by atoms with Gasteiger partial charge in [-0.25, -0.2) is 0 Å². The van der Waals surface area contributed by atoms with E-state index < -0.39 is 0 Å². The molecule has 1 N–H and O–H groups in total. The molecule has 0 amide bonds. The van der Waals surface area contributed by atoms with E-state index in [1.54, 1.807) is 12.3 Å². The quantitative estimate of drug-likeness (QED) is 0.520. The van der Waals surface area contributed by atoms with Gasteiger partial charge in [0.05, 0.1) is 11.2 Å². The number of aryl methyl sites for hydroxylation is 1. The topological polar surface area (TPSA) is 45.5 Å². The summed E-state index contributed by atoms with van der Waals surface area (Å²) in [4.78, 5) is 9.05. The maximum Gasteiger partial charge on any atom is 0.124 e. The molecule has 116 valence electrons. The molecular formula is C21H16N2O. The van der Waals surface area contributed by atoms with Gasteiger partial charge in [0.25, 0.3) is 0 Å². The molecular weight excluding hydrogens is 296 g/mol. The van der Waals surface area contributed by atoms with Crippen molar-refractivity contribution >= 4 is 33.6 Å². The summed E-state index contributed by atoms with van der Waals surface area (Å²) in [6.45, 7) is 1.98. The number of fused-ring (bicyclic) bond motifs is 2. The predicted molar refractivity (Wildman–Crippen MR) is 99.3 cm³/mol. The van der Waals surface area contributed by atoms with Gasteiger partial charge in [0, 0.05) is 22.9 Å². The summed E-state index contributed by atoms with van der Waals surface area (Å²) < 4.78 is 0. The summed E-state index contributed by atoms with van der Waals surface area (Å²) in [5.41, 5.74) is 3.53. The van der Waals surface area contributed by atoms with Crippen LogP contribution >= 0.6 is 0 Å². The van der Waals surface area contributed by atoms with Crippen LogP contribution in [0.2, 0.25) is 0 Å². The zero-order valence-electron chi connectivity index (χ0n) is 13.3. The van der Waals surface area contributed by atoms with Crippen molar-refractivity contribution in [3.63, 3.8) is 0 Å². The summed E-state index contributed by atoms with van der Waals surface area (Å²) in [5.74, 6) is 0.232. The van der Waals surface area contributed by atoms with E-state index in [-0.39, 0.29) is 5.75 Å². The minimum absolute atomic E-state index is 0.232. The maximum absolute atomic E-state index is 10.2. The van der Waals surface area contributed by atoms with E-state index in [1.807, 2.05) is 67.6 Å². The number of aromatic nitrogens is 1. The lowest BCUT2D eigenvalue weighted by Gasteiger charge is -2.05. The Morgan fingerprint density at radius 2 is 1.75 bits per heavy atom. The Morgan fingerprint density at radius 1 is 0.917 bits per heavy atom. The van der Waals surface area contributed by atoms with Gasteiger partial charge >= 0.3 is 0 Å². The van der Waals surface area contributed by atoms with Crippen molar-refractivity contribution in [3.8, 4) is 5.75 Å². The van der Waals surface area contributed by atoms with E-state index in [0.29, 0.717) is 0 Å². The highest BCUT2D eigenvalue weighted by molar-refractivity contribution is 6.03. The highest BCUT2D eigenvalue weighted by Crippen LogP contribution is 2.27. The molecule has 3 heteroatoms. The second-order valence-electron chi connectivity index (χ2n) is 5.81. The molecule has 0 aliphatic rings. The van der Waals surface area contributed by atoms with Crippen molar-refractivity contribution in [2.75, 3.05) is 0 Å². The van der Waals surface area contributed by atoms with Crippen LogP contribution in [0.4, 0.5) is 5.69 Å². The molecule has 3 aromatic carbocycles. The fourth-order valence-corrected chi connectivity index (χ4v) is 2.85. The predicted octanol–water partition coefficient (Wildman–Crippen LogP) is 5.15. The maximum atomic E-state index is 10.2. The summed E-state index contributed by atoms with van der Waals surface area (Å²) in [7, 11) is 0. The number of pyridine rings is 1. The van der Waals surface area contributed by atoms with Crippen LogP contribution in [0.5, 0.6) is 5.75 Å². The molecule has 3 nitrogen and oxygen atoms in total. The Balaban J connectivity index is 1.78. The van der Waals surface area contributed by atoms with Crippen molar-refractivity contribution in [3.05, 3.63) is 78.0 Å². The largest absolute Gasteiger partial charge is 0.507 e. The Bertz CT molecular complexity index is 1080. The Kier molecular flexibility index (Phi) is 3.47. The lowest BCUT2D eigenvalue weighted by atomic mass is 10.0. The minimum atomic E-state index is 0.232. The fourth-order valence-electron chi connectivity index (χ4n) is 2.85. The van der Waals surface area contributed by atoms with Crippen molar-refractivity contribution < 1.29 is 5.11 Å². The molecule has 0 saturated carbocycles. The molecule has 0 aliphatic heterocycles. The molecule has 0 fully saturated rings. The van der Waals surface area contributed by atoms with Crippen LogP contribution in [0.15, 0.2) is 71.7 Å². The Hall–Kier alpha value is -3.20. The van der Waals surface area contributed by atoms with Gasteiger partial charge in [-0.05, 0) is 48.0 Å². The van der Waals surface area contributed by atoms with E-state index in [1.165, 1.54) is 0 Å². The molecule has 0 atom stereocenters. The normalized spacial score (nSPS) is 11.5. The molecule has 0 aliphatic carbocycles. The number of aromatic hydroxyl groups is 1. The number of hydrogen-bond donors (Lipinski definition) is 1. The average molecular weight is 312 g/mol. The standard InChI is InChI=1S/C21H16N2O/c1-14-6-7-16-12-17(9-10-20(16)23-14)22-13-19-18-5-3-2-4-15(18)8-11-21(19)24/h2-13,24H,1H3. The molecule has 24 heavy (non-hydrogen) atoms. The smallest absolute Gasteiger partial charge is 0.124 e. The second-order valence-corrected chi connectivity index (χ2v) is 5.81. The van der Waals surface area contributed by atoms with Crippen LogP contribution in [0.1, 0.15) is 11.3 Å². The third-order valence-corrected chi connectivity index (χ3v) is 4.10. The first kappa shape index (κ1) is 14.4. The number of rotatable bonds is 2. The minimum Gasteiger partial charge on any atom is -0.507 e. The summed E-state index contributed by atoms with van der Waals surface area (Å²) in [5, 5.41) is 13.3. The van der Waals surface area contributed by atoms with Crippen LogP contribution in [0.25, 0.3) is 21.7 Å². The third kappa shape index (κ3) is 2.61. The molecule has 0 saturated heterocycles. The van der Waals surface area contributed by atoms with Gasteiger partial charge in [-0.2, -0.15) is 0 Å². The molecule has 4 rings (SSSR count). The van der Waals surface area contributed by atoms with Gasteiger partial charge in [-0.1, -0.05) is 36.4 Å². The number of aliphatic imine (C=N–C) groups is 1. The van der Waals surface area contributed by atoms with E-state index in [2.05, 4.69) is 9.98 Å². The zero-order valence-corrected chi connectivity index (χ0v) is 13.3. The van der Waals surface area contributed by atoms with E-state index in [4.69, 9.17) is 0 Å². The lowest BCUT2D eigenvalue weighted by Crippen LogP contribution is -1.86. The van der Waals surface area contributed by atoms with Gasteiger partial charge in [-0.3, -0.25) is 9.98 Å². The number of phenolic OH excluding ortho intramolecular Hbond substituents is 1. The van der Waals surface area contributed by atoms with Crippen molar-refractivity contribution in [2.45, 2.75) is 6.92 Å². The van der Waals surface area contributed by atoms with Gasteiger partial charge in [0.15, 0.2) is 0 Å². The molecule has 0 spiro atoms. The average Bonchev–Trinajstić information content (AvgIpc) is 2.61. The van der Waals surface area contributed by atoms with Gasteiger partial charge in [0.1, 0.15) is 5.75 Å². The van der Waals surface area contributed by atoms with Crippen LogP contribution in [0.3, 0.4) is 0 Å². The van der Waals surface area contributed by atoms with Gasteiger partial charge in [0.2, 0.25) is 0 Å². The fraction of sp³-hybridized carbons (Fsp3) is 0.0476. The van der Waals surface area contributed by atoms with E-state index in [9.17, 15) is 5.11 Å². The van der Waals surface area contributed by atoms with Crippen LogP contribution in [0, 0.1) is 6.92 Å². The van der Waals surface area contributed by atoms with E-state index >= 15 is 0 Å². The molecule has 0 bridgehead atoms. The summed E-state index contributed by atoms with van der Waals surface area (Å²) in [6.07, 6.45) is 1.72. The van der Waals surface area contributed by atoms with Crippen molar-refractivity contribution in [1.82, 2.24) is 4.98 Å². The Labute approximate surface area is 139 Å². The van der Waals surface area contributed by atoms with Crippen molar-refractivity contribution in [2.24, 2.45) is 4.99 Å². The van der Waals surface area contributed by atoms with Gasteiger partial charge < -0.3 is 5.11 Å². The first-order valence-corrected chi connectivity index (χ1v) is 7.83. The Morgan fingerprint density at radius 3 is 2.67 bits per heavy atom. The van der Waals surface area contributed by atoms with Crippen LogP contribution < -0.4 is 0 Å². The number of phenols is 1. The van der Waals surface area contributed by atoms with Crippen LogP contribution in [-0.2, 0) is 0 Å². The zero-order chi connectivity index (χ0) is 16.5. The molecule has 0 unspecified atom stereocenters. The van der Waals surface area contributed by atoms with E-state index in [0.717, 1.165) is 38.6 Å². The first-order valence-electron chi connectivity index (χ1n) is 7.83. The lowest BCUT2D eigenvalue weighted by molar-refractivity contribution is 0.475. The van der Waals surface area contributed by atoms with Crippen LogP contribution in [-0.4, -0.2) is 16.3 Å². The highest BCUT2D eigenvalue weighted by Gasteiger charge is 2.04.